The van der Waals surface area contributed by atoms with Gasteiger partial charge in [-0.3, -0.25) is 29.7 Å². The molecule has 59 heavy (non-hydrogen) atoms. The van der Waals surface area contributed by atoms with Crippen LogP contribution in [0.25, 0.3) is 22.3 Å². The number of anilines is 2. The fourth-order valence-corrected chi connectivity index (χ4v) is 8.75. The molecule has 0 bridgehead atoms. The molecule has 2 aromatic heterocycles. The number of fused-ring (bicyclic) bond motifs is 2. The van der Waals surface area contributed by atoms with Crippen LogP contribution in [0.3, 0.4) is 0 Å². The molecule has 2 aromatic carbocycles. The number of benzene rings is 2. The number of halogens is 1. The number of amides is 3. The molecule has 1 aliphatic carbocycles. The normalized spacial score (nSPS) is 23.5. The van der Waals surface area contributed by atoms with Gasteiger partial charge < -0.3 is 29.1 Å². The second-order valence-electron chi connectivity index (χ2n) is 17.0. The molecule has 1 saturated carbocycles. The molecule has 3 amide bonds. The second-order valence-corrected chi connectivity index (χ2v) is 17.0. The molecule has 5 aliphatic heterocycles. The summed E-state index contributed by atoms with van der Waals surface area (Å²) in [5.41, 5.74) is 3.82. The SMILES string of the molecule is CN1CCN(c2cc(-c3n[nH]c4ccc(OC5(C)CC5)cc34)ncn2)CC1.O=C1CCC(N2Cc3c(ccc(N4CCN(CC5CCCCO5)CC4)c3F)C2=O)C(=O)N1. The van der Waals surface area contributed by atoms with Gasteiger partial charge in [-0.15, -0.1) is 0 Å². The zero-order valence-corrected chi connectivity index (χ0v) is 33.9. The van der Waals surface area contributed by atoms with E-state index in [0.717, 1.165) is 112 Å². The average Bonchev–Trinajstić information content (AvgIpc) is 3.66. The Hall–Kier alpha value is -5.19. The first kappa shape index (κ1) is 39.3. The third-order valence-electron chi connectivity index (χ3n) is 12.7. The highest BCUT2D eigenvalue weighted by molar-refractivity contribution is 6.05. The predicted molar refractivity (Wildman–Crippen MR) is 220 cm³/mol. The molecule has 0 spiro atoms. The van der Waals surface area contributed by atoms with Gasteiger partial charge in [-0.05, 0) is 82.8 Å². The zero-order valence-electron chi connectivity index (χ0n) is 33.9. The van der Waals surface area contributed by atoms with Crippen LogP contribution in [0.1, 0.15) is 67.8 Å². The third-order valence-corrected chi connectivity index (χ3v) is 12.7. The minimum absolute atomic E-state index is 0.00108. The first-order chi connectivity index (χ1) is 28.6. The van der Waals surface area contributed by atoms with Crippen LogP contribution in [0, 0.1) is 5.82 Å². The molecule has 15 nitrogen and oxygen atoms in total. The van der Waals surface area contributed by atoms with Gasteiger partial charge in [0.2, 0.25) is 11.8 Å². The summed E-state index contributed by atoms with van der Waals surface area (Å²) in [6.45, 7) is 11.1. The van der Waals surface area contributed by atoms with Crippen molar-refractivity contribution in [3.05, 3.63) is 59.7 Å². The molecule has 6 aliphatic rings. The van der Waals surface area contributed by atoms with Crippen LogP contribution < -0.4 is 19.9 Å². The molecule has 4 saturated heterocycles. The lowest BCUT2D eigenvalue weighted by atomic mass is 10.0. The number of carbonyl (C=O) groups excluding carboxylic acids is 3. The van der Waals surface area contributed by atoms with Crippen LogP contribution in [0.4, 0.5) is 15.9 Å². The van der Waals surface area contributed by atoms with Crippen LogP contribution in [0.2, 0.25) is 0 Å². The van der Waals surface area contributed by atoms with Crippen molar-refractivity contribution in [3.8, 4) is 17.1 Å². The number of H-pyrrole nitrogens is 1. The maximum Gasteiger partial charge on any atom is 0.255 e. The molecule has 2 unspecified atom stereocenters. The third kappa shape index (κ3) is 8.48. The summed E-state index contributed by atoms with van der Waals surface area (Å²) in [6, 6.07) is 10.7. The van der Waals surface area contributed by atoms with Gasteiger partial charge in [0, 0.05) is 94.5 Å². The van der Waals surface area contributed by atoms with Crippen LogP contribution >= 0.6 is 0 Å². The minimum atomic E-state index is -0.735. The fraction of sp³-hybridized carbons (Fsp3) is 0.535. The number of aromatic nitrogens is 4. The number of imide groups is 1. The van der Waals surface area contributed by atoms with Crippen molar-refractivity contribution in [1.29, 1.82) is 0 Å². The largest absolute Gasteiger partial charge is 0.488 e. The van der Waals surface area contributed by atoms with Crippen molar-refractivity contribution in [1.82, 2.24) is 40.2 Å². The quantitative estimate of drug-likeness (QED) is 0.248. The summed E-state index contributed by atoms with van der Waals surface area (Å²) in [5.74, 6) is 0.298. The molecule has 16 heteroatoms. The number of piperidine rings is 1. The molecule has 0 radical (unpaired) electrons. The number of ether oxygens (including phenoxy) is 2. The predicted octanol–water partition coefficient (Wildman–Crippen LogP) is 3.98. The van der Waals surface area contributed by atoms with Gasteiger partial charge in [0.15, 0.2) is 5.82 Å². The Labute approximate surface area is 343 Å². The lowest BCUT2D eigenvalue weighted by Gasteiger charge is -2.38. The lowest BCUT2D eigenvalue weighted by molar-refractivity contribution is -0.136. The maximum absolute atomic E-state index is 15.5. The number of aromatic amines is 1. The fourth-order valence-electron chi connectivity index (χ4n) is 8.75. The van der Waals surface area contributed by atoms with E-state index in [1.807, 2.05) is 23.1 Å². The van der Waals surface area contributed by atoms with Crippen LogP contribution in [0.5, 0.6) is 5.75 Å². The van der Waals surface area contributed by atoms with Crippen LogP contribution in [-0.4, -0.2) is 143 Å². The van der Waals surface area contributed by atoms with Gasteiger partial charge in [0.05, 0.1) is 29.5 Å². The van der Waals surface area contributed by atoms with E-state index in [1.165, 1.54) is 11.3 Å². The van der Waals surface area contributed by atoms with E-state index in [9.17, 15) is 14.4 Å². The Bertz CT molecular complexity index is 2210. The van der Waals surface area contributed by atoms with Gasteiger partial charge in [-0.2, -0.15) is 5.10 Å². The Morgan fingerprint density at radius 2 is 1.73 bits per heavy atom. The molecule has 7 heterocycles. The number of hydrogen-bond donors (Lipinski definition) is 2. The van der Waals surface area contributed by atoms with Crippen molar-refractivity contribution in [2.75, 3.05) is 82.4 Å². The topological polar surface area (TPSA) is 152 Å². The summed E-state index contributed by atoms with van der Waals surface area (Å²) in [6.07, 6.45) is 8.09. The first-order valence-electron chi connectivity index (χ1n) is 21.1. The molecular weight excluding hydrogens is 756 g/mol. The Kier molecular flexibility index (Phi) is 11.0. The van der Waals surface area contributed by atoms with Gasteiger partial charge in [-0.25, -0.2) is 14.4 Å². The van der Waals surface area contributed by atoms with Crippen molar-refractivity contribution < 1.29 is 28.2 Å². The number of piperazine rings is 2. The van der Waals surface area contributed by atoms with Gasteiger partial charge in [0.1, 0.15) is 35.2 Å². The van der Waals surface area contributed by atoms with E-state index in [4.69, 9.17) is 9.47 Å². The average molecular weight is 809 g/mol. The van der Waals surface area contributed by atoms with E-state index < -0.39 is 11.9 Å². The summed E-state index contributed by atoms with van der Waals surface area (Å²) >= 11 is 0. The number of likely N-dealkylation sites (N-methyl/N-ethyl adjacent to an activating group) is 1. The van der Waals surface area contributed by atoms with E-state index in [-0.39, 0.29) is 42.6 Å². The van der Waals surface area contributed by atoms with Gasteiger partial charge in [0.25, 0.3) is 5.91 Å². The van der Waals surface area contributed by atoms with Gasteiger partial charge in [-0.1, -0.05) is 0 Å². The van der Waals surface area contributed by atoms with Crippen molar-refractivity contribution in [2.24, 2.45) is 0 Å². The number of carbonyl (C=O) groups is 3. The standard InChI is InChI=1S/C23H29FN4O4.C20H24N6O/c24-21-17-14-28(19-6-7-20(29)25-22(19)30)23(31)16(17)4-5-18(21)27-10-8-26(9-11-27)13-15-3-1-2-12-32-15;1-20(5-6-20)27-14-3-4-16-15(11-14)19(24-23-16)17-12-18(22-13-21-17)26-9-7-25(2)8-10-26/h4-5,15,19H,1-3,6-14H2,(H,25,29,30);3-4,11-13H,5-10H2,1-2H3,(H,23,24). The summed E-state index contributed by atoms with van der Waals surface area (Å²) in [5, 5.41) is 10.9. The monoisotopic (exact) mass is 808 g/mol. The Morgan fingerprint density at radius 1 is 0.932 bits per heavy atom. The van der Waals surface area contributed by atoms with E-state index in [2.05, 4.69) is 60.2 Å². The number of nitrogens with one attached hydrogen (secondary N) is 2. The summed E-state index contributed by atoms with van der Waals surface area (Å²) in [7, 11) is 2.15. The molecule has 5 fully saturated rings. The van der Waals surface area contributed by atoms with E-state index in [1.54, 1.807) is 18.5 Å². The highest BCUT2D eigenvalue weighted by atomic mass is 19.1. The van der Waals surface area contributed by atoms with Gasteiger partial charge >= 0.3 is 0 Å². The van der Waals surface area contributed by atoms with E-state index >= 15 is 4.39 Å². The molecule has 4 aromatic rings. The summed E-state index contributed by atoms with van der Waals surface area (Å²) < 4.78 is 27.5. The molecular formula is C43H53FN10O5. The Balaban J connectivity index is 0.000000154. The highest BCUT2D eigenvalue weighted by Crippen LogP contribution is 2.41. The zero-order chi connectivity index (χ0) is 40.7. The second kappa shape index (κ2) is 16.5. The number of nitrogens with zero attached hydrogens (tertiary/aromatic N) is 8. The molecule has 312 valence electrons. The highest BCUT2D eigenvalue weighted by Gasteiger charge is 2.42. The smallest absolute Gasteiger partial charge is 0.255 e. The van der Waals surface area contributed by atoms with Crippen molar-refractivity contribution >= 4 is 40.1 Å². The first-order valence-corrected chi connectivity index (χ1v) is 21.1. The van der Waals surface area contributed by atoms with Crippen molar-refractivity contribution in [3.63, 3.8) is 0 Å². The van der Waals surface area contributed by atoms with Crippen LogP contribution in [0.15, 0.2) is 42.7 Å². The lowest BCUT2D eigenvalue weighted by Crippen LogP contribution is -2.52. The van der Waals surface area contributed by atoms with E-state index in [0.29, 0.717) is 36.0 Å². The maximum atomic E-state index is 15.5. The number of rotatable bonds is 8. The number of hydrogen-bond acceptors (Lipinski definition) is 12. The minimum Gasteiger partial charge on any atom is -0.488 e. The molecule has 10 rings (SSSR count). The molecule has 2 atom stereocenters. The van der Waals surface area contributed by atoms with Crippen LogP contribution in [-0.2, 0) is 20.9 Å². The van der Waals surface area contributed by atoms with Crippen molar-refractivity contribution in [2.45, 2.75) is 76.2 Å². The Morgan fingerprint density at radius 3 is 2.47 bits per heavy atom. The molecule has 2 N–H and O–H groups in total. The summed E-state index contributed by atoms with van der Waals surface area (Å²) in [4.78, 5) is 55.9.